The van der Waals surface area contributed by atoms with E-state index in [-0.39, 0.29) is 48.7 Å². The Balaban J connectivity index is 0.000000335. The lowest BCUT2D eigenvalue weighted by Gasteiger charge is -2.38. The van der Waals surface area contributed by atoms with Crippen LogP contribution in [-0.2, 0) is 18.9 Å². The molecule has 8 atom stereocenters. The van der Waals surface area contributed by atoms with Crippen molar-refractivity contribution < 1.29 is 18.9 Å². The number of azide groups is 2. The summed E-state index contributed by atoms with van der Waals surface area (Å²) < 4.78 is 19.6. The van der Waals surface area contributed by atoms with Crippen molar-refractivity contribution in [3.05, 3.63) is 33.5 Å². The third-order valence-corrected chi connectivity index (χ3v) is 6.38. The van der Waals surface area contributed by atoms with E-state index in [1.54, 1.807) is 6.08 Å². The van der Waals surface area contributed by atoms with Crippen molar-refractivity contribution in [2.75, 3.05) is 19.8 Å². The summed E-state index contributed by atoms with van der Waals surface area (Å²) in [7, 11) is 0. The van der Waals surface area contributed by atoms with Gasteiger partial charge in [0.2, 0.25) is 12.2 Å². The molecule has 0 radical (unpaired) electrons. The molecular formula is C19H30Cl3N7O4. The average Bonchev–Trinajstić information content (AvgIpc) is 2.76. The molecule has 14 heteroatoms. The number of hydrogen-bond donors (Lipinski definition) is 1. The first-order valence-corrected chi connectivity index (χ1v) is 11.5. The third kappa shape index (κ3) is 9.03. The number of alkyl halides is 3. The van der Waals surface area contributed by atoms with Gasteiger partial charge in [0, 0.05) is 21.7 Å². The van der Waals surface area contributed by atoms with Gasteiger partial charge in [0.15, 0.2) is 6.29 Å². The lowest BCUT2D eigenvalue weighted by atomic mass is 9.87. The maximum atomic E-state index is 8.43. The van der Waals surface area contributed by atoms with E-state index in [1.165, 1.54) is 0 Å². The van der Waals surface area contributed by atoms with Crippen LogP contribution in [0.3, 0.4) is 0 Å². The second kappa shape index (κ2) is 14.1. The predicted molar refractivity (Wildman–Crippen MR) is 127 cm³/mol. The summed E-state index contributed by atoms with van der Waals surface area (Å²) in [5, 5.41) is 14.8. The molecule has 0 aromatic heterocycles. The highest BCUT2D eigenvalue weighted by Gasteiger charge is 2.39. The molecule has 0 aliphatic carbocycles. The molecule has 2 rings (SSSR count). The van der Waals surface area contributed by atoms with Crippen LogP contribution in [-0.4, -0.2) is 54.2 Å². The Hall–Kier alpha value is -1.42. The SMILES string of the molecule is C=CCO[C@H]1OC[C@H](N=[N+]=[N-])[C@H](C)[C@@H]1C.C[C@H]1[C@@H](N=[N+]=[N-])COC(OC(=N)C(Cl)(Cl)Cl)[C@H]1C. The number of hydrogen-bond acceptors (Lipinski definition) is 7. The molecule has 0 saturated carbocycles. The van der Waals surface area contributed by atoms with Crippen LogP contribution in [0.25, 0.3) is 20.9 Å². The molecule has 1 unspecified atom stereocenters. The number of nitrogens with zero attached hydrogens (tertiary/aromatic N) is 6. The second-order valence-corrected chi connectivity index (χ2v) is 10.2. The minimum Gasteiger partial charge on any atom is -0.448 e. The van der Waals surface area contributed by atoms with Crippen LogP contribution in [0.4, 0.5) is 0 Å². The molecule has 2 saturated heterocycles. The van der Waals surface area contributed by atoms with Gasteiger partial charge in [-0.25, -0.2) is 0 Å². The van der Waals surface area contributed by atoms with E-state index in [4.69, 9.17) is 70.2 Å². The van der Waals surface area contributed by atoms with Crippen molar-refractivity contribution in [3.63, 3.8) is 0 Å². The molecule has 2 heterocycles. The smallest absolute Gasteiger partial charge is 0.265 e. The highest BCUT2D eigenvalue weighted by Crippen LogP contribution is 2.33. The lowest BCUT2D eigenvalue weighted by Crippen LogP contribution is -2.45. The molecule has 33 heavy (non-hydrogen) atoms. The fourth-order valence-electron chi connectivity index (χ4n) is 3.29. The molecule has 186 valence electrons. The summed E-state index contributed by atoms with van der Waals surface area (Å²) in [5.41, 5.74) is 16.8. The first-order chi connectivity index (χ1) is 15.5. The summed E-state index contributed by atoms with van der Waals surface area (Å²) >= 11 is 16.6. The highest BCUT2D eigenvalue weighted by atomic mass is 35.6. The van der Waals surface area contributed by atoms with Gasteiger partial charge in [-0.15, -0.1) is 6.58 Å². The van der Waals surface area contributed by atoms with Crippen LogP contribution < -0.4 is 0 Å². The van der Waals surface area contributed by atoms with Gasteiger partial charge in [0.25, 0.3) is 3.79 Å². The van der Waals surface area contributed by atoms with E-state index in [0.717, 1.165) is 0 Å². The summed E-state index contributed by atoms with van der Waals surface area (Å²) in [6.07, 6.45) is 0.789. The summed E-state index contributed by atoms with van der Waals surface area (Å²) in [5.74, 6) is -0.0535. The molecule has 0 aromatic rings. The second-order valence-electron chi connectivity index (χ2n) is 7.95. The van der Waals surface area contributed by atoms with E-state index < -0.39 is 16.0 Å². The van der Waals surface area contributed by atoms with Crippen LogP contribution in [0.5, 0.6) is 0 Å². The van der Waals surface area contributed by atoms with Crippen LogP contribution in [0, 0.1) is 29.1 Å². The predicted octanol–water partition coefficient (Wildman–Crippen LogP) is 6.15. The monoisotopic (exact) mass is 525 g/mol. The minimum absolute atomic E-state index is 0.0443. The molecule has 0 aromatic carbocycles. The minimum atomic E-state index is -1.91. The Bertz CT molecular complexity index is 756. The molecule has 2 aliphatic rings. The van der Waals surface area contributed by atoms with Crippen molar-refractivity contribution in [1.29, 1.82) is 5.41 Å². The van der Waals surface area contributed by atoms with Crippen LogP contribution in [0.15, 0.2) is 22.9 Å². The summed E-state index contributed by atoms with van der Waals surface area (Å²) in [6, 6.07) is -0.347. The Morgan fingerprint density at radius 2 is 1.45 bits per heavy atom. The maximum Gasteiger partial charge on any atom is 0.265 e. The Kier molecular flexibility index (Phi) is 12.6. The molecule has 11 nitrogen and oxygen atoms in total. The van der Waals surface area contributed by atoms with Crippen molar-refractivity contribution >= 4 is 40.7 Å². The number of rotatable bonds is 6. The Morgan fingerprint density at radius 1 is 1.00 bits per heavy atom. The van der Waals surface area contributed by atoms with Crippen molar-refractivity contribution in [2.24, 2.45) is 33.9 Å². The lowest BCUT2D eigenvalue weighted by molar-refractivity contribution is -0.201. The van der Waals surface area contributed by atoms with Gasteiger partial charge in [0.05, 0.1) is 31.9 Å². The van der Waals surface area contributed by atoms with Gasteiger partial charge < -0.3 is 18.9 Å². The molecular weight excluding hydrogens is 497 g/mol. The van der Waals surface area contributed by atoms with Crippen molar-refractivity contribution in [3.8, 4) is 0 Å². The van der Waals surface area contributed by atoms with E-state index in [2.05, 4.69) is 33.6 Å². The normalized spacial score (nSPS) is 33.9. The summed E-state index contributed by atoms with van der Waals surface area (Å²) in [4.78, 5) is 5.59. The highest BCUT2D eigenvalue weighted by molar-refractivity contribution is 6.76. The van der Waals surface area contributed by atoms with Gasteiger partial charge >= 0.3 is 0 Å². The average molecular weight is 527 g/mol. The van der Waals surface area contributed by atoms with Crippen LogP contribution in [0.1, 0.15) is 27.7 Å². The van der Waals surface area contributed by atoms with Crippen LogP contribution >= 0.6 is 34.8 Å². The summed E-state index contributed by atoms with van der Waals surface area (Å²) in [6.45, 7) is 12.6. The molecule has 0 bridgehead atoms. The largest absolute Gasteiger partial charge is 0.448 e. The van der Waals surface area contributed by atoms with Gasteiger partial charge in [-0.3, -0.25) is 5.41 Å². The third-order valence-electron chi connectivity index (χ3n) is 5.86. The fourth-order valence-corrected chi connectivity index (χ4v) is 3.42. The first-order valence-electron chi connectivity index (χ1n) is 10.3. The Labute approximate surface area is 208 Å². The molecule has 2 aliphatic heterocycles. The molecule has 2 fully saturated rings. The van der Waals surface area contributed by atoms with Gasteiger partial charge in [-0.05, 0) is 22.9 Å². The van der Waals surface area contributed by atoms with E-state index in [1.807, 2.05) is 20.8 Å². The van der Waals surface area contributed by atoms with E-state index >= 15 is 0 Å². The Morgan fingerprint density at radius 3 is 1.88 bits per heavy atom. The number of nitrogens with one attached hydrogen (secondary N) is 1. The standard InChI is InChI=1S/C10H17N3O2.C9H13Cl3N4O2/c1-4-5-14-10-8(3)7(2)9(6-15-10)12-13-11;1-4-5(2)7(17-3-6(4)15-16-14)18-8(13)9(10,11)12/h4,7-10H,1,5-6H2,2-3H3;4-7,13H,3H2,1-2H3/t7-,8+,9+,10+;4-,5+,6+,7?/m11/s1. The quantitative estimate of drug-likeness (QED) is 0.0836. The fraction of sp³-hybridized carbons (Fsp3) is 0.842. The molecule has 0 spiro atoms. The maximum absolute atomic E-state index is 8.43. The topological polar surface area (TPSA) is 158 Å². The zero-order valence-corrected chi connectivity index (χ0v) is 21.2. The van der Waals surface area contributed by atoms with E-state index in [0.29, 0.717) is 13.2 Å². The van der Waals surface area contributed by atoms with Crippen molar-refractivity contribution in [2.45, 2.75) is 56.2 Å². The molecule has 0 amide bonds. The molecule has 1 N–H and O–H groups in total. The number of ether oxygens (including phenoxy) is 4. The zero-order valence-electron chi connectivity index (χ0n) is 19.0. The number of halogens is 3. The van der Waals surface area contributed by atoms with Crippen molar-refractivity contribution in [1.82, 2.24) is 0 Å². The van der Waals surface area contributed by atoms with Gasteiger partial charge in [-0.1, -0.05) is 78.8 Å². The zero-order chi connectivity index (χ0) is 25.2. The van der Waals surface area contributed by atoms with Crippen LogP contribution in [0.2, 0.25) is 0 Å². The van der Waals surface area contributed by atoms with Gasteiger partial charge in [-0.2, -0.15) is 0 Å². The van der Waals surface area contributed by atoms with Gasteiger partial charge in [0.1, 0.15) is 0 Å². The first kappa shape index (κ1) is 29.6. The van der Waals surface area contributed by atoms with E-state index in [9.17, 15) is 0 Å².